The molecule has 0 aromatic heterocycles. The molecule has 0 nitrogen and oxygen atoms in total. The number of hydrogen-bond acceptors (Lipinski definition) is 0. The summed E-state index contributed by atoms with van der Waals surface area (Å²) in [5.41, 5.74) is 0.262. The van der Waals surface area contributed by atoms with E-state index < -0.39 is 0 Å². The Kier molecular flexibility index (Phi) is 6.05. The lowest BCUT2D eigenvalue weighted by Gasteiger charge is -2.45. The second-order valence-corrected chi connectivity index (χ2v) is 8.54. The standard InChI is InChI=1S/C22H37/c1-22(20-13-7-3-8-14-20,21-15-9-4-10-16-21)18-17-19-11-5-2-6-12-19/h17-21H,1-16H2/b18-17+. The van der Waals surface area contributed by atoms with Crippen LogP contribution < -0.4 is 0 Å². The molecule has 0 amide bonds. The molecule has 3 aliphatic carbocycles. The van der Waals surface area contributed by atoms with Gasteiger partial charge in [-0.25, -0.2) is 0 Å². The molecule has 3 saturated carbocycles. The first-order chi connectivity index (χ1) is 10.8. The molecule has 3 rings (SSSR count). The van der Waals surface area contributed by atoms with Gasteiger partial charge in [-0.15, -0.1) is 0 Å². The molecule has 0 aromatic rings. The van der Waals surface area contributed by atoms with Crippen molar-refractivity contribution in [2.75, 3.05) is 0 Å². The SMILES string of the molecule is [CH2]C(/C=C/C1CCCCC1)(C1CCCCC1)C1CCCCC1. The van der Waals surface area contributed by atoms with Crippen LogP contribution in [-0.4, -0.2) is 0 Å². The Hall–Kier alpha value is -0.260. The molecule has 0 heterocycles. The topological polar surface area (TPSA) is 0 Å². The zero-order chi connectivity index (χ0) is 15.3. The lowest BCUT2D eigenvalue weighted by molar-refractivity contribution is 0.111. The van der Waals surface area contributed by atoms with Crippen molar-refractivity contribution in [2.24, 2.45) is 23.2 Å². The minimum Gasteiger partial charge on any atom is -0.0848 e. The van der Waals surface area contributed by atoms with Crippen LogP contribution in [0.15, 0.2) is 12.2 Å². The molecule has 0 saturated heterocycles. The maximum atomic E-state index is 4.91. The van der Waals surface area contributed by atoms with Crippen molar-refractivity contribution in [3.63, 3.8) is 0 Å². The first-order valence-corrected chi connectivity index (χ1v) is 10.3. The van der Waals surface area contributed by atoms with Gasteiger partial charge in [0.25, 0.3) is 0 Å². The Labute approximate surface area is 139 Å². The second kappa shape index (κ2) is 8.02. The van der Waals surface area contributed by atoms with E-state index in [1.165, 1.54) is 96.3 Å². The van der Waals surface area contributed by atoms with Crippen LogP contribution >= 0.6 is 0 Å². The third-order valence-corrected chi connectivity index (χ3v) is 7.06. The van der Waals surface area contributed by atoms with Crippen LogP contribution in [0.1, 0.15) is 96.3 Å². The largest absolute Gasteiger partial charge is 0.0848 e. The van der Waals surface area contributed by atoms with Crippen LogP contribution in [0.25, 0.3) is 0 Å². The van der Waals surface area contributed by atoms with Gasteiger partial charge in [-0.05, 0) is 68.6 Å². The van der Waals surface area contributed by atoms with E-state index in [9.17, 15) is 0 Å². The zero-order valence-corrected chi connectivity index (χ0v) is 14.7. The molecule has 0 bridgehead atoms. The van der Waals surface area contributed by atoms with Gasteiger partial charge in [0.15, 0.2) is 0 Å². The molecule has 0 aliphatic heterocycles. The number of rotatable bonds is 4. The zero-order valence-electron chi connectivity index (χ0n) is 14.7. The molecule has 0 atom stereocenters. The van der Waals surface area contributed by atoms with Gasteiger partial charge in [0, 0.05) is 0 Å². The van der Waals surface area contributed by atoms with Crippen molar-refractivity contribution in [1.29, 1.82) is 0 Å². The van der Waals surface area contributed by atoms with Gasteiger partial charge in [0.2, 0.25) is 0 Å². The van der Waals surface area contributed by atoms with E-state index in [2.05, 4.69) is 12.2 Å². The Morgan fingerprint density at radius 2 is 1.00 bits per heavy atom. The molecule has 125 valence electrons. The monoisotopic (exact) mass is 301 g/mol. The molecule has 1 radical (unpaired) electrons. The van der Waals surface area contributed by atoms with Crippen molar-refractivity contribution < 1.29 is 0 Å². The van der Waals surface area contributed by atoms with Crippen LogP contribution in [0.3, 0.4) is 0 Å². The van der Waals surface area contributed by atoms with E-state index in [1.807, 2.05) is 0 Å². The summed E-state index contributed by atoms with van der Waals surface area (Å²) in [5, 5.41) is 0. The highest BCUT2D eigenvalue weighted by Crippen LogP contribution is 2.49. The smallest absolute Gasteiger partial charge is 0.00613 e. The van der Waals surface area contributed by atoms with E-state index in [0.717, 1.165) is 17.8 Å². The van der Waals surface area contributed by atoms with Crippen LogP contribution in [-0.2, 0) is 0 Å². The minimum atomic E-state index is 0.262. The third-order valence-electron chi connectivity index (χ3n) is 7.06. The fraction of sp³-hybridized carbons (Fsp3) is 0.864. The van der Waals surface area contributed by atoms with Crippen molar-refractivity contribution in [3.8, 4) is 0 Å². The highest BCUT2D eigenvalue weighted by molar-refractivity contribution is 5.10. The van der Waals surface area contributed by atoms with Gasteiger partial charge in [-0.2, -0.15) is 0 Å². The van der Waals surface area contributed by atoms with Crippen molar-refractivity contribution in [3.05, 3.63) is 19.1 Å². The van der Waals surface area contributed by atoms with Gasteiger partial charge in [-0.1, -0.05) is 69.9 Å². The molecule has 3 aliphatic rings. The van der Waals surface area contributed by atoms with E-state index in [1.54, 1.807) is 0 Å². The Morgan fingerprint density at radius 3 is 1.45 bits per heavy atom. The van der Waals surface area contributed by atoms with Crippen molar-refractivity contribution in [1.82, 2.24) is 0 Å². The highest BCUT2D eigenvalue weighted by Gasteiger charge is 2.40. The molecular weight excluding hydrogens is 264 g/mol. The van der Waals surface area contributed by atoms with Gasteiger partial charge < -0.3 is 0 Å². The lowest BCUT2D eigenvalue weighted by atomic mass is 9.59. The van der Waals surface area contributed by atoms with Crippen LogP contribution in [0.2, 0.25) is 0 Å². The molecule has 0 aromatic carbocycles. The molecule has 3 fully saturated rings. The van der Waals surface area contributed by atoms with E-state index in [0.29, 0.717) is 0 Å². The number of allylic oxidation sites excluding steroid dienone is 2. The molecule has 0 N–H and O–H groups in total. The summed E-state index contributed by atoms with van der Waals surface area (Å²) >= 11 is 0. The van der Waals surface area contributed by atoms with Crippen LogP contribution in [0, 0.1) is 30.1 Å². The average Bonchev–Trinajstić information content (AvgIpc) is 2.62. The van der Waals surface area contributed by atoms with Crippen LogP contribution in [0.5, 0.6) is 0 Å². The van der Waals surface area contributed by atoms with E-state index in [4.69, 9.17) is 6.92 Å². The Morgan fingerprint density at radius 1 is 0.591 bits per heavy atom. The number of hydrogen-bond donors (Lipinski definition) is 0. The van der Waals surface area contributed by atoms with Crippen molar-refractivity contribution in [2.45, 2.75) is 96.3 Å². The van der Waals surface area contributed by atoms with E-state index in [-0.39, 0.29) is 5.41 Å². The third kappa shape index (κ3) is 3.98. The summed E-state index contributed by atoms with van der Waals surface area (Å²) in [4.78, 5) is 0. The normalized spacial score (nSPS) is 27.5. The fourth-order valence-electron chi connectivity index (χ4n) is 5.53. The maximum Gasteiger partial charge on any atom is -0.00613 e. The van der Waals surface area contributed by atoms with E-state index >= 15 is 0 Å². The summed E-state index contributed by atoms with van der Waals surface area (Å²) < 4.78 is 0. The van der Waals surface area contributed by atoms with Crippen molar-refractivity contribution >= 4 is 0 Å². The quantitative estimate of drug-likeness (QED) is 0.485. The molecule has 22 heavy (non-hydrogen) atoms. The van der Waals surface area contributed by atoms with Crippen LogP contribution in [0.4, 0.5) is 0 Å². The summed E-state index contributed by atoms with van der Waals surface area (Å²) in [5.74, 6) is 2.59. The average molecular weight is 302 g/mol. The molecular formula is C22H37. The predicted octanol–water partition coefficient (Wildman–Crippen LogP) is 7.10. The Balaban J connectivity index is 1.73. The molecule has 0 spiro atoms. The predicted molar refractivity (Wildman–Crippen MR) is 96.7 cm³/mol. The van der Waals surface area contributed by atoms with Gasteiger partial charge in [0.1, 0.15) is 0 Å². The first kappa shape index (κ1) is 16.6. The minimum absolute atomic E-state index is 0.262. The Bertz CT molecular complexity index is 317. The molecule has 0 heteroatoms. The second-order valence-electron chi connectivity index (χ2n) is 8.54. The first-order valence-electron chi connectivity index (χ1n) is 10.3. The summed E-state index contributed by atoms with van der Waals surface area (Å²) in [7, 11) is 0. The lowest BCUT2D eigenvalue weighted by Crippen LogP contribution is -2.36. The van der Waals surface area contributed by atoms with Gasteiger partial charge in [-0.3, -0.25) is 0 Å². The maximum absolute atomic E-state index is 4.91. The summed E-state index contributed by atoms with van der Waals surface area (Å²) in [6, 6.07) is 0. The summed E-state index contributed by atoms with van der Waals surface area (Å²) in [6.07, 6.45) is 27.0. The summed E-state index contributed by atoms with van der Waals surface area (Å²) in [6.45, 7) is 4.91. The molecule has 0 unspecified atom stereocenters. The van der Waals surface area contributed by atoms with Gasteiger partial charge in [0.05, 0.1) is 0 Å². The fourth-order valence-corrected chi connectivity index (χ4v) is 5.53. The highest BCUT2D eigenvalue weighted by atomic mass is 14.4. The van der Waals surface area contributed by atoms with Gasteiger partial charge >= 0.3 is 0 Å².